The molecule has 1 atom stereocenters. The van der Waals surface area contributed by atoms with Gasteiger partial charge in [0.2, 0.25) is 0 Å². The van der Waals surface area contributed by atoms with Crippen LogP contribution < -0.4 is 4.74 Å². The molecule has 0 bridgehead atoms. The molecule has 3 heteroatoms. The number of carbonyl (C=O) groups excluding carboxylic acids is 1. The van der Waals surface area contributed by atoms with E-state index in [1.807, 2.05) is 31.2 Å². The second kappa shape index (κ2) is 6.93. The standard InChI is InChI=1S/C18H20O3/c1-3-13(2)12-18(20)21-17-10-6-15(7-11-17)14-4-8-16(19)9-5-14/h4-11,13,19H,3,12H2,1-2H3/t13-/m0/s1. The van der Waals surface area contributed by atoms with E-state index in [2.05, 4.69) is 6.92 Å². The van der Waals surface area contributed by atoms with Crippen LogP contribution in [0.1, 0.15) is 26.7 Å². The van der Waals surface area contributed by atoms with Gasteiger partial charge in [-0.1, -0.05) is 44.5 Å². The van der Waals surface area contributed by atoms with Crippen molar-refractivity contribution in [1.29, 1.82) is 0 Å². The molecule has 0 unspecified atom stereocenters. The Morgan fingerprint density at radius 1 is 1.05 bits per heavy atom. The fraction of sp³-hybridized carbons (Fsp3) is 0.278. The number of rotatable bonds is 5. The van der Waals surface area contributed by atoms with E-state index in [9.17, 15) is 9.90 Å². The highest BCUT2D eigenvalue weighted by Gasteiger charge is 2.09. The number of aromatic hydroxyl groups is 1. The fourth-order valence-electron chi connectivity index (χ4n) is 1.97. The zero-order valence-electron chi connectivity index (χ0n) is 12.4. The molecular weight excluding hydrogens is 264 g/mol. The minimum atomic E-state index is -0.193. The van der Waals surface area contributed by atoms with Gasteiger partial charge >= 0.3 is 5.97 Å². The molecule has 2 aromatic carbocycles. The number of esters is 1. The first kappa shape index (κ1) is 15.1. The molecule has 0 aliphatic heterocycles. The van der Waals surface area contributed by atoms with Gasteiger partial charge in [-0.3, -0.25) is 4.79 Å². The molecule has 0 aliphatic rings. The molecule has 0 saturated carbocycles. The summed E-state index contributed by atoms with van der Waals surface area (Å²) in [7, 11) is 0. The summed E-state index contributed by atoms with van der Waals surface area (Å²) in [5.41, 5.74) is 2.02. The van der Waals surface area contributed by atoms with Crippen molar-refractivity contribution in [1.82, 2.24) is 0 Å². The van der Waals surface area contributed by atoms with Gasteiger partial charge in [0, 0.05) is 6.42 Å². The SMILES string of the molecule is CC[C@H](C)CC(=O)Oc1ccc(-c2ccc(O)cc2)cc1. The van der Waals surface area contributed by atoms with Crippen molar-refractivity contribution < 1.29 is 14.6 Å². The summed E-state index contributed by atoms with van der Waals surface area (Å²) in [4.78, 5) is 11.7. The molecule has 0 radical (unpaired) electrons. The van der Waals surface area contributed by atoms with Crippen molar-refractivity contribution >= 4 is 5.97 Å². The average molecular weight is 284 g/mol. The Balaban J connectivity index is 2.02. The summed E-state index contributed by atoms with van der Waals surface area (Å²) in [6.45, 7) is 4.10. The molecular formula is C18H20O3. The summed E-state index contributed by atoms with van der Waals surface area (Å²) in [5.74, 6) is 0.954. The van der Waals surface area contributed by atoms with Gasteiger partial charge in [-0.2, -0.15) is 0 Å². The molecule has 0 amide bonds. The Morgan fingerprint density at radius 3 is 2.10 bits per heavy atom. The Labute approximate surface area is 125 Å². The van der Waals surface area contributed by atoms with Gasteiger partial charge in [-0.25, -0.2) is 0 Å². The quantitative estimate of drug-likeness (QED) is 0.654. The summed E-state index contributed by atoms with van der Waals surface area (Å²) >= 11 is 0. The van der Waals surface area contributed by atoms with Crippen LogP contribution in [0.5, 0.6) is 11.5 Å². The molecule has 0 fully saturated rings. The Kier molecular flexibility index (Phi) is 4.99. The molecule has 2 aromatic rings. The molecule has 0 aromatic heterocycles. The Morgan fingerprint density at radius 2 is 1.57 bits per heavy atom. The van der Waals surface area contributed by atoms with Gasteiger partial charge in [-0.15, -0.1) is 0 Å². The van der Waals surface area contributed by atoms with Crippen LogP contribution in [0.2, 0.25) is 0 Å². The summed E-state index contributed by atoms with van der Waals surface area (Å²) in [6.07, 6.45) is 1.41. The minimum Gasteiger partial charge on any atom is -0.508 e. The predicted octanol–water partition coefficient (Wildman–Crippen LogP) is 4.40. The number of hydrogen-bond donors (Lipinski definition) is 1. The van der Waals surface area contributed by atoms with Crippen molar-refractivity contribution in [3.8, 4) is 22.6 Å². The molecule has 0 spiro atoms. The first-order valence-electron chi connectivity index (χ1n) is 7.18. The van der Waals surface area contributed by atoms with Crippen LogP contribution in [0.4, 0.5) is 0 Å². The molecule has 0 heterocycles. The zero-order chi connectivity index (χ0) is 15.2. The largest absolute Gasteiger partial charge is 0.508 e. The van der Waals surface area contributed by atoms with Crippen LogP contribution in [0.3, 0.4) is 0 Å². The summed E-state index contributed by atoms with van der Waals surface area (Å²) in [5, 5.41) is 9.28. The maximum absolute atomic E-state index is 11.7. The van der Waals surface area contributed by atoms with Crippen molar-refractivity contribution in [2.75, 3.05) is 0 Å². The van der Waals surface area contributed by atoms with E-state index in [1.165, 1.54) is 0 Å². The first-order chi connectivity index (χ1) is 10.1. The van der Waals surface area contributed by atoms with E-state index in [-0.39, 0.29) is 11.7 Å². The van der Waals surface area contributed by atoms with Crippen LogP contribution in [-0.4, -0.2) is 11.1 Å². The van der Waals surface area contributed by atoms with E-state index < -0.39 is 0 Å². The lowest BCUT2D eigenvalue weighted by atomic mass is 10.1. The van der Waals surface area contributed by atoms with Crippen molar-refractivity contribution in [2.24, 2.45) is 5.92 Å². The lowest BCUT2D eigenvalue weighted by molar-refractivity contribution is -0.135. The lowest BCUT2D eigenvalue weighted by Gasteiger charge is -2.09. The van der Waals surface area contributed by atoms with Crippen LogP contribution in [0.25, 0.3) is 11.1 Å². The van der Waals surface area contributed by atoms with E-state index in [0.29, 0.717) is 18.1 Å². The minimum absolute atomic E-state index is 0.193. The zero-order valence-corrected chi connectivity index (χ0v) is 12.4. The second-order valence-corrected chi connectivity index (χ2v) is 5.26. The third kappa shape index (κ3) is 4.35. The van der Waals surface area contributed by atoms with Gasteiger partial charge in [0.25, 0.3) is 0 Å². The van der Waals surface area contributed by atoms with Crippen molar-refractivity contribution in [3.63, 3.8) is 0 Å². The summed E-state index contributed by atoms with van der Waals surface area (Å²) < 4.78 is 5.32. The molecule has 3 nitrogen and oxygen atoms in total. The molecule has 1 N–H and O–H groups in total. The fourth-order valence-corrected chi connectivity index (χ4v) is 1.97. The van der Waals surface area contributed by atoms with E-state index >= 15 is 0 Å². The monoisotopic (exact) mass is 284 g/mol. The molecule has 21 heavy (non-hydrogen) atoms. The number of ether oxygens (including phenoxy) is 1. The van der Waals surface area contributed by atoms with Gasteiger partial charge in [0.1, 0.15) is 11.5 Å². The molecule has 0 saturated heterocycles. The topological polar surface area (TPSA) is 46.5 Å². The van der Waals surface area contributed by atoms with Crippen LogP contribution in [0, 0.1) is 5.92 Å². The number of phenols is 1. The second-order valence-electron chi connectivity index (χ2n) is 5.26. The highest BCUT2D eigenvalue weighted by molar-refractivity contribution is 5.73. The van der Waals surface area contributed by atoms with Gasteiger partial charge in [0.05, 0.1) is 0 Å². The first-order valence-corrected chi connectivity index (χ1v) is 7.18. The lowest BCUT2D eigenvalue weighted by Crippen LogP contribution is -2.11. The maximum Gasteiger partial charge on any atom is 0.311 e. The molecule has 2 rings (SSSR count). The van der Waals surface area contributed by atoms with Gasteiger partial charge in [0.15, 0.2) is 0 Å². The van der Waals surface area contributed by atoms with E-state index in [1.54, 1.807) is 24.3 Å². The number of hydrogen-bond acceptors (Lipinski definition) is 3. The van der Waals surface area contributed by atoms with Crippen molar-refractivity contribution in [2.45, 2.75) is 26.7 Å². The normalized spacial score (nSPS) is 11.9. The Bertz CT molecular complexity index is 585. The van der Waals surface area contributed by atoms with E-state index in [4.69, 9.17) is 4.74 Å². The van der Waals surface area contributed by atoms with Crippen LogP contribution in [-0.2, 0) is 4.79 Å². The summed E-state index contributed by atoms with van der Waals surface area (Å²) in [6, 6.07) is 14.4. The molecule has 0 aliphatic carbocycles. The third-order valence-electron chi connectivity index (χ3n) is 3.50. The molecule has 110 valence electrons. The van der Waals surface area contributed by atoms with Crippen LogP contribution in [0.15, 0.2) is 48.5 Å². The maximum atomic E-state index is 11.7. The number of carbonyl (C=O) groups is 1. The number of phenolic OH excluding ortho intramolecular Hbond substituents is 1. The van der Waals surface area contributed by atoms with Crippen molar-refractivity contribution in [3.05, 3.63) is 48.5 Å². The Hall–Kier alpha value is -2.29. The highest BCUT2D eigenvalue weighted by atomic mass is 16.5. The van der Waals surface area contributed by atoms with Gasteiger partial charge < -0.3 is 9.84 Å². The van der Waals surface area contributed by atoms with Gasteiger partial charge in [-0.05, 0) is 41.3 Å². The highest BCUT2D eigenvalue weighted by Crippen LogP contribution is 2.24. The predicted molar refractivity (Wildman–Crippen MR) is 83.2 cm³/mol. The smallest absolute Gasteiger partial charge is 0.311 e. The van der Waals surface area contributed by atoms with E-state index in [0.717, 1.165) is 17.5 Å². The average Bonchev–Trinajstić information content (AvgIpc) is 2.48. The number of benzene rings is 2. The van der Waals surface area contributed by atoms with Crippen LogP contribution >= 0.6 is 0 Å². The third-order valence-corrected chi connectivity index (χ3v) is 3.50.